The number of benzene rings is 2. The van der Waals surface area contributed by atoms with Crippen molar-refractivity contribution in [2.45, 2.75) is 18.4 Å². The molecule has 0 aliphatic carbocycles. The highest BCUT2D eigenvalue weighted by atomic mass is 16.5. The number of likely N-dealkylation sites (N-methyl/N-ethyl adjacent to an activating group) is 1. The van der Waals surface area contributed by atoms with Gasteiger partial charge in [0.1, 0.15) is 11.9 Å². The first kappa shape index (κ1) is 14.6. The molecule has 1 fully saturated rings. The molecule has 3 nitrogen and oxygen atoms in total. The molecule has 3 rings (SSSR count). The molecule has 2 aromatic carbocycles. The Bertz CT molecular complexity index is 645. The van der Waals surface area contributed by atoms with E-state index in [2.05, 4.69) is 42.3 Å². The Morgan fingerprint density at radius 2 is 1.82 bits per heavy atom. The van der Waals surface area contributed by atoms with Crippen LogP contribution in [-0.4, -0.2) is 31.1 Å². The van der Waals surface area contributed by atoms with E-state index in [9.17, 15) is 0 Å². The van der Waals surface area contributed by atoms with E-state index >= 15 is 0 Å². The van der Waals surface area contributed by atoms with Gasteiger partial charge in [-0.1, -0.05) is 30.3 Å². The molecule has 1 saturated heterocycles. The van der Waals surface area contributed by atoms with Crippen molar-refractivity contribution in [3.8, 4) is 11.8 Å². The van der Waals surface area contributed by atoms with Gasteiger partial charge in [-0.15, -0.1) is 0 Å². The Kier molecular flexibility index (Phi) is 4.41. The molecule has 1 aliphatic rings. The minimum absolute atomic E-state index is 0.173. The molecule has 2 atom stereocenters. The van der Waals surface area contributed by atoms with Crippen molar-refractivity contribution in [1.29, 1.82) is 5.26 Å². The largest absolute Gasteiger partial charge is 0.490 e. The van der Waals surface area contributed by atoms with Gasteiger partial charge >= 0.3 is 0 Å². The quantitative estimate of drug-likeness (QED) is 0.869. The lowest BCUT2D eigenvalue weighted by atomic mass is 9.88. The zero-order chi connectivity index (χ0) is 15.4. The summed E-state index contributed by atoms with van der Waals surface area (Å²) in [4.78, 5) is 2.36. The van der Waals surface area contributed by atoms with E-state index in [1.807, 2.05) is 30.3 Å². The topological polar surface area (TPSA) is 36.3 Å². The van der Waals surface area contributed by atoms with Crippen molar-refractivity contribution in [3.05, 3.63) is 65.7 Å². The van der Waals surface area contributed by atoms with Crippen molar-refractivity contribution in [2.75, 3.05) is 20.1 Å². The molecular weight excluding hydrogens is 272 g/mol. The Morgan fingerprint density at radius 3 is 2.50 bits per heavy atom. The van der Waals surface area contributed by atoms with Crippen LogP contribution in [0.5, 0.6) is 5.75 Å². The SMILES string of the molecule is CN1CC[C@H](Oc2ccc(C#N)cc2)[C@H](c2ccccc2)C1. The number of ether oxygens (including phenoxy) is 1. The fraction of sp³-hybridized carbons (Fsp3) is 0.316. The molecule has 1 heterocycles. The molecule has 0 radical (unpaired) electrons. The van der Waals surface area contributed by atoms with E-state index in [0.29, 0.717) is 11.5 Å². The van der Waals surface area contributed by atoms with E-state index < -0.39 is 0 Å². The minimum atomic E-state index is 0.173. The average Bonchev–Trinajstić information content (AvgIpc) is 2.58. The van der Waals surface area contributed by atoms with Crippen LogP contribution in [0.2, 0.25) is 0 Å². The Balaban J connectivity index is 1.79. The standard InChI is InChI=1S/C19H20N2O/c1-21-12-11-19(18(14-21)16-5-3-2-4-6-16)22-17-9-7-15(13-20)8-10-17/h2-10,18-19H,11-12,14H2,1H3/t18-,19-/m0/s1. The van der Waals surface area contributed by atoms with Gasteiger partial charge < -0.3 is 9.64 Å². The van der Waals surface area contributed by atoms with Crippen LogP contribution in [0, 0.1) is 11.3 Å². The molecule has 22 heavy (non-hydrogen) atoms. The zero-order valence-electron chi connectivity index (χ0n) is 12.8. The molecule has 0 N–H and O–H groups in total. The lowest BCUT2D eigenvalue weighted by Crippen LogP contribution is -2.42. The molecule has 0 spiro atoms. The summed E-state index contributed by atoms with van der Waals surface area (Å²) in [7, 11) is 2.16. The normalized spacial score (nSPS) is 22.0. The summed E-state index contributed by atoms with van der Waals surface area (Å²) in [5.74, 6) is 1.21. The van der Waals surface area contributed by atoms with E-state index in [0.717, 1.165) is 25.3 Å². The van der Waals surface area contributed by atoms with E-state index in [1.165, 1.54) is 5.56 Å². The van der Waals surface area contributed by atoms with Crippen LogP contribution in [0.1, 0.15) is 23.5 Å². The second kappa shape index (κ2) is 6.64. The second-order valence-electron chi connectivity index (χ2n) is 5.86. The first-order chi connectivity index (χ1) is 10.8. The molecule has 0 bridgehead atoms. The van der Waals surface area contributed by atoms with Crippen molar-refractivity contribution >= 4 is 0 Å². The number of nitrogens with zero attached hydrogens (tertiary/aromatic N) is 2. The first-order valence-electron chi connectivity index (χ1n) is 7.66. The molecule has 1 aliphatic heterocycles. The third-order valence-electron chi connectivity index (χ3n) is 4.25. The summed E-state index contributed by atoms with van der Waals surface area (Å²) in [6.45, 7) is 2.05. The number of hydrogen-bond donors (Lipinski definition) is 0. The fourth-order valence-corrected chi connectivity index (χ4v) is 3.04. The Hall–Kier alpha value is -2.31. The van der Waals surface area contributed by atoms with Gasteiger partial charge in [-0.3, -0.25) is 0 Å². The van der Waals surface area contributed by atoms with Crippen molar-refractivity contribution < 1.29 is 4.74 Å². The van der Waals surface area contributed by atoms with Crippen molar-refractivity contribution in [3.63, 3.8) is 0 Å². The Labute approximate surface area is 131 Å². The van der Waals surface area contributed by atoms with Gasteiger partial charge in [0.15, 0.2) is 0 Å². The smallest absolute Gasteiger partial charge is 0.119 e. The van der Waals surface area contributed by atoms with Gasteiger partial charge in [0.25, 0.3) is 0 Å². The predicted molar refractivity (Wildman–Crippen MR) is 86.9 cm³/mol. The minimum Gasteiger partial charge on any atom is -0.490 e. The summed E-state index contributed by atoms with van der Waals surface area (Å²) in [5.41, 5.74) is 1.99. The Morgan fingerprint density at radius 1 is 1.09 bits per heavy atom. The highest BCUT2D eigenvalue weighted by Gasteiger charge is 2.30. The van der Waals surface area contributed by atoms with Crippen LogP contribution in [0.4, 0.5) is 0 Å². The third kappa shape index (κ3) is 3.29. The van der Waals surface area contributed by atoms with Gasteiger partial charge in [0.05, 0.1) is 11.6 Å². The van der Waals surface area contributed by atoms with Gasteiger partial charge in [-0.05, 0) is 43.3 Å². The van der Waals surface area contributed by atoms with Crippen LogP contribution in [0.15, 0.2) is 54.6 Å². The summed E-state index contributed by atoms with van der Waals surface area (Å²) >= 11 is 0. The first-order valence-corrected chi connectivity index (χ1v) is 7.66. The highest BCUT2D eigenvalue weighted by Crippen LogP contribution is 2.30. The molecule has 0 saturated carbocycles. The fourth-order valence-electron chi connectivity index (χ4n) is 3.04. The van der Waals surface area contributed by atoms with E-state index in [-0.39, 0.29) is 6.10 Å². The number of piperidine rings is 1. The van der Waals surface area contributed by atoms with Crippen LogP contribution in [0.3, 0.4) is 0 Å². The molecule has 2 aromatic rings. The summed E-state index contributed by atoms with van der Waals surface area (Å²) < 4.78 is 6.23. The maximum absolute atomic E-state index is 8.87. The van der Waals surface area contributed by atoms with Crippen LogP contribution in [-0.2, 0) is 0 Å². The predicted octanol–water partition coefficient (Wildman–Crippen LogP) is 3.42. The maximum Gasteiger partial charge on any atom is 0.119 e. The van der Waals surface area contributed by atoms with Crippen LogP contribution in [0.25, 0.3) is 0 Å². The van der Waals surface area contributed by atoms with Crippen LogP contribution < -0.4 is 4.74 Å². The summed E-state index contributed by atoms with van der Waals surface area (Å²) in [6.07, 6.45) is 1.18. The number of nitriles is 1. The van der Waals surface area contributed by atoms with Crippen molar-refractivity contribution in [1.82, 2.24) is 4.90 Å². The lowest BCUT2D eigenvalue weighted by Gasteiger charge is -2.37. The number of likely N-dealkylation sites (tertiary alicyclic amines) is 1. The van der Waals surface area contributed by atoms with Gasteiger partial charge in [0.2, 0.25) is 0 Å². The molecule has 112 valence electrons. The number of hydrogen-bond acceptors (Lipinski definition) is 3. The summed E-state index contributed by atoms with van der Waals surface area (Å²) in [6, 6.07) is 20.1. The average molecular weight is 292 g/mol. The molecule has 0 amide bonds. The van der Waals surface area contributed by atoms with Crippen LogP contribution >= 0.6 is 0 Å². The molecule has 0 unspecified atom stereocenters. The molecule has 0 aromatic heterocycles. The van der Waals surface area contributed by atoms with Gasteiger partial charge in [0, 0.05) is 19.0 Å². The monoisotopic (exact) mass is 292 g/mol. The van der Waals surface area contributed by atoms with Gasteiger partial charge in [-0.25, -0.2) is 0 Å². The van der Waals surface area contributed by atoms with Gasteiger partial charge in [-0.2, -0.15) is 5.26 Å². The lowest BCUT2D eigenvalue weighted by molar-refractivity contribution is 0.0902. The van der Waals surface area contributed by atoms with E-state index in [4.69, 9.17) is 10.00 Å². The third-order valence-corrected chi connectivity index (χ3v) is 4.25. The second-order valence-corrected chi connectivity index (χ2v) is 5.86. The van der Waals surface area contributed by atoms with Crippen molar-refractivity contribution in [2.24, 2.45) is 0 Å². The molecular formula is C19H20N2O. The number of rotatable bonds is 3. The zero-order valence-corrected chi connectivity index (χ0v) is 12.8. The molecule has 3 heteroatoms. The highest BCUT2D eigenvalue weighted by molar-refractivity contribution is 5.35. The summed E-state index contributed by atoms with van der Waals surface area (Å²) in [5, 5.41) is 8.87. The van der Waals surface area contributed by atoms with E-state index in [1.54, 1.807) is 0 Å². The maximum atomic E-state index is 8.87.